The normalized spacial score (nSPS) is 47.4. The Morgan fingerprint density at radius 2 is 1.84 bits per heavy atom. The van der Waals surface area contributed by atoms with Gasteiger partial charge in [-0.2, -0.15) is 0 Å². The van der Waals surface area contributed by atoms with Crippen LogP contribution in [0.3, 0.4) is 0 Å². The number of aliphatic hydroxyl groups is 1. The molecule has 2 nitrogen and oxygen atoms in total. The quantitative estimate of drug-likeness (QED) is 0.319. The van der Waals surface area contributed by atoms with Crippen molar-refractivity contribution in [3.63, 3.8) is 0 Å². The highest BCUT2D eigenvalue weighted by molar-refractivity contribution is 7.31. The molecule has 31 heavy (non-hydrogen) atoms. The Kier molecular flexibility index (Phi) is 7.06. The minimum atomic E-state index is -0.167. The van der Waals surface area contributed by atoms with Crippen LogP contribution in [-0.4, -0.2) is 23.5 Å². The van der Waals surface area contributed by atoms with E-state index in [1.807, 2.05) is 0 Å². The monoisotopic (exact) mass is 448 g/mol. The van der Waals surface area contributed by atoms with Gasteiger partial charge in [0.05, 0.1) is 11.7 Å². The van der Waals surface area contributed by atoms with Crippen molar-refractivity contribution >= 4 is 8.81 Å². The van der Waals surface area contributed by atoms with Crippen molar-refractivity contribution < 1.29 is 9.63 Å². The summed E-state index contributed by atoms with van der Waals surface area (Å²) in [6, 6.07) is 0. The fourth-order valence-corrected chi connectivity index (χ4v) is 10.00. The van der Waals surface area contributed by atoms with Crippen molar-refractivity contribution in [1.82, 2.24) is 0 Å². The maximum atomic E-state index is 10.6. The number of hydrogen-bond donors (Lipinski definition) is 1. The van der Waals surface area contributed by atoms with E-state index in [-0.39, 0.29) is 17.1 Å². The molecule has 1 N–H and O–H groups in total. The van der Waals surface area contributed by atoms with E-state index in [2.05, 4.69) is 40.9 Å². The number of aliphatic hydroxyl groups excluding tert-OH is 1. The van der Waals surface area contributed by atoms with Gasteiger partial charge in [-0.25, -0.2) is 0 Å². The van der Waals surface area contributed by atoms with Crippen molar-refractivity contribution in [2.75, 3.05) is 6.66 Å². The lowest BCUT2D eigenvalue weighted by Gasteiger charge is -2.65. The molecule has 3 heteroatoms. The van der Waals surface area contributed by atoms with Crippen LogP contribution in [0, 0.1) is 40.4 Å². The molecule has 7 unspecified atom stereocenters. The summed E-state index contributed by atoms with van der Waals surface area (Å²) < 4.78 is 6.61. The Bertz CT molecular complexity index is 661. The van der Waals surface area contributed by atoms with Crippen LogP contribution in [0.4, 0.5) is 0 Å². The van der Waals surface area contributed by atoms with E-state index in [1.165, 1.54) is 51.4 Å². The molecule has 0 aliphatic heterocycles. The van der Waals surface area contributed by atoms with Crippen LogP contribution in [0.25, 0.3) is 0 Å². The van der Waals surface area contributed by atoms with Gasteiger partial charge in [-0.3, -0.25) is 0 Å². The van der Waals surface area contributed by atoms with E-state index in [4.69, 9.17) is 4.52 Å². The second-order valence-corrected chi connectivity index (χ2v) is 13.3. The first kappa shape index (κ1) is 24.2. The van der Waals surface area contributed by atoms with Gasteiger partial charge in [-0.1, -0.05) is 46.3 Å². The second-order valence-electron chi connectivity index (χ2n) is 12.6. The lowest BCUT2D eigenvalue weighted by atomic mass is 9.43. The van der Waals surface area contributed by atoms with Gasteiger partial charge in [-0.05, 0) is 106 Å². The summed E-state index contributed by atoms with van der Waals surface area (Å²) in [7, 11) is 0.524. The molecule has 0 spiro atoms. The topological polar surface area (TPSA) is 29.5 Å². The zero-order chi connectivity index (χ0) is 22.4. The molecule has 4 fully saturated rings. The van der Waals surface area contributed by atoms with Gasteiger partial charge in [0.25, 0.3) is 0 Å². The van der Waals surface area contributed by atoms with E-state index in [9.17, 15) is 5.11 Å². The van der Waals surface area contributed by atoms with Crippen molar-refractivity contribution in [3.05, 3.63) is 12.2 Å². The van der Waals surface area contributed by atoms with Crippen molar-refractivity contribution in [1.29, 1.82) is 0 Å². The number of allylic oxidation sites excluding steroid dienone is 1. The Labute approximate surface area is 194 Å². The van der Waals surface area contributed by atoms with Crippen LogP contribution in [0.5, 0.6) is 0 Å². The summed E-state index contributed by atoms with van der Waals surface area (Å²) in [6.07, 6.45) is 14.7. The Morgan fingerprint density at radius 1 is 1.06 bits per heavy atom. The summed E-state index contributed by atoms with van der Waals surface area (Å²) in [5, 5.41) is 10.6. The molecular formula is C28H49O2P. The maximum absolute atomic E-state index is 10.6. The Morgan fingerprint density at radius 3 is 2.55 bits per heavy atom. The van der Waals surface area contributed by atoms with E-state index in [0.29, 0.717) is 14.2 Å². The summed E-state index contributed by atoms with van der Waals surface area (Å²) in [5.74, 6) is 4.04. The van der Waals surface area contributed by atoms with Crippen LogP contribution in [0.1, 0.15) is 105 Å². The van der Waals surface area contributed by atoms with Gasteiger partial charge in [0.15, 0.2) is 0 Å². The average molecular weight is 449 g/mol. The van der Waals surface area contributed by atoms with Gasteiger partial charge >= 0.3 is 0 Å². The maximum Gasteiger partial charge on any atom is 0.0802 e. The molecule has 0 heterocycles. The highest BCUT2D eigenvalue weighted by atomic mass is 31.1. The molecule has 0 bridgehead atoms. The summed E-state index contributed by atoms with van der Waals surface area (Å²) >= 11 is 0. The third-order valence-corrected chi connectivity index (χ3v) is 11.4. The summed E-state index contributed by atoms with van der Waals surface area (Å²) in [4.78, 5) is 0. The highest BCUT2D eigenvalue weighted by Gasteiger charge is 2.65. The predicted octanol–water partition coefficient (Wildman–Crippen LogP) is 7.75. The zero-order valence-corrected chi connectivity index (χ0v) is 22.0. The smallest absolute Gasteiger partial charge is 0.0802 e. The minimum absolute atomic E-state index is 0.0782. The number of rotatable bonds is 7. The second kappa shape index (κ2) is 9.03. The molecular weight excluding hydrogens is 399 g/mol. The molecule has 4 aliphatic carbocycles. The largest absolute Gasteiger partial charge is 0.393 e. The molecule has 0 amide bonds. The van der Waals surface area contributed by atoms with E-state index < -0.39 is 0 Å². The third-order valence-electron chi connectivity index (χ3n) is 10.8. The molecule has 4 rings (SSSR count). The van der Waals surface area contributed by atoms with Crippen molar-refractivity contribution in [2.45, 2.75) is 116 Å². The zero-order valence-electron chi connectivity index (χ0n) is 21.0. The minimum Gasteiger partial charge on any atom is -0.393 e. The van der Waals surface area contributed by atoms with Crippen molar-refractivity contribution in [2.24, 2.45) is 40.4 Å². The summed E-state index contributed by atoms with van der Waals surface area (Å²) in [6.45, 7) is 16.7. The first-order valence-electron chi connectivity index (χ1n) is 13.4. The van der Waals surface area contributed by atoms with Crippen LogP contribution in [0.15, 0.2) is 12.2 Å². The van der Waals surface area contributed by atoms with E-state index in [1.54, 1.807) is 5.57 Å². The molecule has 178 valence electrons. The van der Waals surface area contributed by atoms with Gasteiger partial charge in [-0.15, -0.1) is 0 Å². The Hall–Kier alpha value is 0.0900. The predicted molar refractivity (Wildman–Crippen MR) is 134 cm³/mol. The first-order valence-corrected chi connectivity index (χ1v) is 14.8. The molecule has 0 aromatic heterocycles. The van der Waals surface area contributed by atoms with Gasteiger partial charge in [0, 0.05) is 20.6 Å². The fraction of sp³-hybridized carbons (Fsp3) is 0.929. The van der Waals surface area contributed by atoms with Crippen LogP contribution in [-0.2, 0) is 4.52 Å². The highest BCUT2D eigenvalue weighted by Crippen LogP contribution is 2.70. The lowest BCUT2D eigenvalue weighted by Crippen LogP contribution is -2.63. The standard InChI is InChI=1S/C28H49O2P/c1-19(2)8-7-9-20(3)23-10-11-24-22-13-17-28(30-31-6)18-21(29)12-16-27(28,5)25(22)14-15-26(23,24)4/h19,21-25,29,31H,3,7-18H2,1-2,4-6H3/t21?,22?,23?,24?,25?,26-,27-,28?/m1/s1. The van der Waals surface area contributed by atoms with Crippen LogP contribution < -0.4 is 0 Å². The van der Waals surface area contributed by atoms with E-state index >= 15 is 0 Å². The van der Waals surface area contributed by atoms with Crippen LogP contribution >= 0.6 is 8.81 Å². The third kappa shape index (κ3) is 4.00. The summed E-state index contributed by atoms with van der Waals surface area (Å²) in [5.41, 5.74) is 2.20. The molecule has 4 saturated carbocycles. The molecule has 4 aliphatic rings. The van der Waals surface area contributed by atoms with Gasteiger partial charge in [0.1, 0.15) is 0 Å². The van der Waals surface area contributed by atoms with Gasteiger partial charge in [0.2, 0.25) is 0 Å². The first-order chi connectivity index (χ1) is 14.7. The SMILES string of the molecule is C=C(CCCC(C)C)C1CCC2C3CCC4(OPC)CC(O)CC[C@]4(C)C3CC[C@]12C. The van der Waals surface area contributed by atoms with E-state index in [0.717, 1.165) is 55.3 Å². The molecule has 0 saturated heterocycles. The molecule has 0 aromatic rings. The average Bonchev–Trinajstić information content (AvgIpc) is 3.06. The fourth-order valence-electron chi connectivity index (χ4n) is 9.19. The number of fused-ring (bicyclic) bond motifs is 5. The Balaban J connectivity index is 1.52. The van der Waals surface area contributed by atoms with Gasteiger partial charge < -0.3 is 9.63 Å². The number of hydrogen-bond acceptors (Lipinski definition) is 2. The molecule has 0 radical (unpaired) electrons. The molecule has 0 aromatic carbocycles. The lowest BCUT2D eigenvalue weighted by molar-refractivity contribution is -0.202. The van der Waals surface area contributed by atoms with Crippen molar-refractivity contribution in [3.8, 4) is 0 Å². The molecule has 9 atom stereocenters. The van der Waals surface area contributed by atoms with Crippen LogP contribution in [0.2, 0.25) is 0 Å².